The summed E-state index contributed by atoms with van der Waals surface area (Å²) in [6, 6.07) is 7.14. The van der Waals surface area contributed by atoms with Crippen molar-refractivity contribution in [1.29, 1.82) is 0 Å². The Morgan fingerprint density at radius 1 is 1.50 bits per heavy atom. The van der Waals surface area contributed by atoms with Gasteiger partial charge in [0, 0.05) is 5.02 Å². The summed E-state index contributed by atoms with van der Waals surface area (Å²) in [6.07, 6.45) is 0. The molecule has 0 fully saturated rings. The van der Waals surface area contributed by atoms with E-state index in [1.54, 1.807) is 12.1 Å². The van der Waals surface area contributed by atoms with E-state index in [0.717, 1.165) is 0 Å². The summed E-state index contributed by atoms with van der Waals surface area (Å²) in [5, 5.41) is 0.648. The van der Waals surface area contributed by atoms with E-state index in [9.17, 15) is 0 Å². The average Bonchev–Trinajstić information content (AvgIpc) is 2.05. The molecule has 2 nitrogen and oxygen atoms in total. The molecule has 0 aliphatic heterocycles. The van der Waals surface area contributed by atoms with Gasteiger partial charge in [-0.25, -0.2) is 6.57 Å². The number of hydrogen-bond donors (Lipinski definition) is 0. The van der Waals surface area contributed by atoms with Crippen molar-refractivity contribution in [2.45, 2.75) is 0 Å². The third-order valence-electron chi connectivity index (χ3n) is 1.27. The zero-order valence-electron chi connectivity index (χ0n) is 6.46. The Morgan fingerprint density at radius 3 is 3.00 bits per heavy atom. The molecule has 12 heavy (non-hydrogen) atoms. The maximum atomic E-state index is 6.53. The van der Waals surface area contributed by atoms with E-state index in [4.69, 9.17) is 22.9 Å². The Kier molecular flexibility index (Phi) is 3.43. The minimum atomic E-state index is 0.381. The van der Waals surface area contributed by atoms with Crippen LogP contribution in [0.15, 0.2) is 24.3 Å². The molecule has 3 heteroatoms. The van der Waals surface area contributed by atoms with Gasteiger partial charge in [-0.05, 0) is 18.2 Å². The summed E-state index contributed by atoms with van der Waals surface area (Å²) in [5.74, 6) is 0.714. The molecule has 1 aromatic carbocycles. The maximum Gasteiger partial charge on any atom is 0.248 e. The lowest BCUT2D eigenvalue weighted by Gasteiger charge is -2.01. The number of nitrogens with zero attached hydrogens (tertiary/aromatic N) is 1. The second-order valence-electron chi connectivity index (χ2n) is 2.19. The Bertz CT molecular complexity index is 293. The molecule has 1 rings (SSSR count). The van der Waals surface area contributed by atoms with E-state index < -0.39 is 0 Å². The molecule has 0 aliphatic rings. The highest BCUT2D eigenvalue weighted by Crippen LogP contribution is 2.16. The normalized spacial score (nSPS) is 9.00. The second-order valence-corrected chi connectivity index (χ2v) is 2.62. The van der Waals surface area contributed by atoms with Crippen molar-refractivity contribution in [2.75, 3.05) is 13.2 Å². The van der Waals surface area contributed by atoms with Crippen molar-refractivity contribution < 1.29 is 4.74 Å². The molecule has 0 radical (unpaired) electrons. The second kappa shape index (κ2) is 4.63. The minimum Gasteiger partial charge on any atom is -0.486 e. The van der Waals surface area contributed by atoms with E-state index in [0.29, 0.717) is 23.9 Å². The Balaban J connectivity index is 2.48. The molecule has 0 aliphatic carbocycles. The van der Waals surface area contributed by atoms with Crippen LogP contribution in [-0.2, 0) is 0 Å². The fraction of sp³-hybridized carbons (Fsp3) is 0.222. The molecular formula is C9H8ClNO. The summed E-state index contributed by atoms with van der Waals surface area (Å²) in [5.41, 5.74) is 0. The van der Waals surface area contributed by atoms with Crippen LogP contribution in [0.2, 0.25) is 5.02 Å². The van der Waals surface area contributed by atoms with Crippen LogP contribution in [-0.4, -0.2) is 13.2 Å². The number of benzene rings is 1. The fourth-order valence-corrected chi connectivity index (χ4v) is 0.946. The summed E-state index contributed by atoms with van der Waals surface area (Å²) in [4.78, 5) is 3.17. The zero-order valence-corrected chi connectivity index (χ0v) is 7.21. The lowest BCUT2D eigenvalue weighted by Crippen LogP contribution is -1.98. The first-order chi connectivity index (χ1) is 5.83. The first kappa shape index (κ1) is 8.89. The van der Waals surface area contributed by atoms with E-state index >= 15 is 0 Å². The maximum absolute atomic E-state index is 6.53. The highest BCUT2D eigenvalue weighted by atomic mass is 35.5. The van der Waals surface area contributed by atoms with Crippen LogP contribution in [0.5, 0.6) is 5.75 Å². The predicted octanol–water partition coefficient (Wildman–Crippen LogP) is 2.64. The molecule has 0 amide bonds. The van der Waals surface area contributed by atoms with Crippen LogP contribution in [0.25, 0.3) is 4.85 Å². The molecule has 62 valence electrons. The molecule has 0 aromatic heterocycles. The van der Waals surface area contributed by atoms with Crippen molar-refractivity contribution in [3.8, 4) is 5.75 Å². The molecule has 0 saturated heterocycles. The number of ether oxygens (including phenoxy) is 1. The summed E-state index contributed by atoms with van der Waals surface area (Å²) >= 11 is 5.72. The standard InChI is InChI=1S/C9H8ClNO/c1-11-5-6-12-9-4-2-3-8(10)7-9/h2-4,7H,5-6H2. The van der Waals surface area contributed by atoms with Gasteiger partial charge in [-0.1, -0.05) is 17.7 Å². The third kappa shape index (κ3) is 2.81. The number of halogens is 1. The Hall–Kier alpha value is -1.20. The first-order valence-corrected chi connectivity index (χ1v) is 3.92. The molecule has 0 heterocycles. The van der Waals surface area contributed by atoms with Gasteiger partial charge in [0.05, 0.1) is 0 Å². The van der Waals surface area contributed by atoms with Gasteiger partial charge in [-0.15, -0.1) is 0 Å². The van der Waals surface area contributed by atoms with Crippen LogP contribution in [0.4, 0.5) is 0 Å². The molecule has 0 atom stereocenters. The van der Waals surface area contributed by atoms with Crippen LogP contribution < -0.4 is 4.74 Å². The van der Waals surface area contributed by atoms with Crippen LogP contribution >= 0.6 is 11.6 Å². The Morgan fingerprint density at radius 2 is 2.33 bits per heavy atom. The van der Waals surface area contributed by atoms with Crippen molar-refractivity contribution in [3.63, 3.8) is 0 Å². The van der Waals surface area contributed by atoms with Crippen LogP contribution in [0, 0.1) is 6.57 Å². The largest absolute Gasteiger partial charge is 0.486 e. The molecular weight excluding hydrogens is 174 g/mol. The fourth-order valence-electron chi connectivity index (χ4n) is 0.766. The van der Waals surface area contributed by atoms with Gasteiger partial charge in [0.25, 0.3) is 0 Å². The van der Waals surface area contributed by atoms with Crippen LogP contribution in [0.1, 0.15) is 0 Å². The highest BCUT2D eigenvalue weighted by molar-refractivity contribution is 6.30. The van der Waals surface area contributed by atoms with Gasteiger partial charge in [-0.3, -0.25) is 0 Å². The van der Waals surface area contributed by atoms with E-state index in [2.05, 4.69) is 4.85 Å². The lowest BCUT2D eigenvalue weighted by molar-refractivity contribution is 0.336. The van der Waals surface area contributed by atoms with Crippen molar-refractivity contribution in [2.24, 2.45) is 0 Å². The summed E-state index contributed by atoms with van der Waals surface area (Å²) in [7, 11) is 0. The van der Waals surface area contributed by atoms with Gasteiger partial charge >= 0.3 is 0 Å². The molecule has 1 aromatic rings. The van der Waals surface area contributed by atoms with Crippen molar-refractivity contribution in [1.82, 2.24) is 0 Å². The number of rotatable bonds is 3. The Labute approximate surface area is 76.5 Å². The van der Waals surface area contributed by atoms with E-state index in [1.807, 2.05) is 12.1 Å². The number of hydrogen-bond acceptors (Lipinski definition) is 1. The molecule has 0 bridgehead atoms. The van der Waals surface area contributed by atoms with Gasteiger partial charge in [0.15, 0.2) is 6.61 Å². The van der Waals surface area contributed by atoms with Crippen molar-refractivity contribution >= 4 is 11.6 Å². The van der Waals surface area contributed by atoms with Gasteiger partial charge < -0.3 is 9.58 Å². The predicted molar refractivity (Wildman–Crippen MR) is 48.4 cm³/mol. The average molecular weight is 182 g/mol. The summed E-state index contributed by atoms with van der Waals surface area (Å²) < 4.78 is 5.23. The molecule has 0 spiro atoms. The first-order valence-electron chi connectivity index (χ1n) is 3.54. The minimum absolute atomic E-state index is 0.381. The van der Waals surface area contributed by atoms with Gasteiger partial charge in [0.1, 0.15) is 5.75 Å². The summed E-state index contributed by atoms with van der Waals surface area (Å²) in [6.45, 7) is 7.33. The lowest BCUT2D eigenvalue weighted by atomic mass is 10.3. The monoisotopic (exact) mass is 181 g/mol. The highest BCUT2D eigenvalue weighted by Gasteiger charge is 1.94. The third-order valence-corrected chi connectivity index (χ3v) is 1.50. The van der Waals surface area contributed by atoms with E-state index in [1.165, 1.54) is 0 Å². The quantitative estimate of drug-likeness (QED) is 0.516. The smallest absolute Gasteiger partial charge is 0.248 e. The van der Waals surface area contributed by atoms with Crippen molar-refractivity contribution in [3.05, 3.63) is 40.7 Å². The molecule has 0 saturated carbocycles. The zero-order chi connectivity index (χ0) is 8.81. The molecule has 0 unspecified atom stereocenters. The molecule has 0 N–H and O–H groups in total. The topological polar surface area (TPSA) is 13.6 Å². The van der Waals surface area contributed by atoms with E-state index in [-0.39, 0.29) is 0 Å². The van der Waals surface area contributed by atoms with Gasteiger partial charge in [0.2, 0.25) is 6.54 Å². The SMILES string of the molecule is [C-]#[N+]CCOc1cccc(Cl)c1. The van der Waals surface area contributed by atoms with Gasteiger partial charge in [-0.2, -0.15) is 0 Å². The van der Waals surface area contributed by atoms with Crippen LogP contribution in [0.3, 0.4) is 0 Å².